The van der Waals surface area contributed by atoms with Crippen LogP contribution in [0.3, 0.4) is 0 Å². The summed E-state index contributed by atoms with van der Waals surface area (Å²) < 4.78 is 6.06. The molecule has 0 bridgehead atoms. The summed E-state index contributed by atoms with van der Waals surface area (Å²) >= 11 is 0. The zero-order chi connectivity index (χ0) is 18.4. The number of aryl methyl sites for hydroxylation is 2. The SMILES string of the molecule is CCCCOc1c(C)cc([S+](c2ccccc2)c2ccccc2)cc1C. The van der Waals surface area contributed by atoms with E-state index in [1.54, 1.807) is 0 Å². The fraction of sp³-hybridized carbons (Fsp3) is 0.250. The van der Waals surface area contributed by atoms with Gasteiger partial charge in [0.1, 0.15) is 5.75 Å². The van der Waals surface area contributed by atoms with Gasteiger partial charge in [0.15, 0.2) is 14.7 Å². The number of hydrogen-bond acceptors (Lipinski definition) is 1. The first-order valence-corrected chi connectivity index (χ1v) is 10.5. The predicted octanol–water partition coefficient (Wildman–Crippen LogP) is 6.58. The lowest BCUT2D eigenvalue weighted by Gasteiger charge is -2.14. The zero-order valence-corrected chi connectivity index (χ0v) is 16.7. The maximum Gasteiger partial charge on any atom is 0.167 e. The molecule has 0 aliphatic heterocycles. The van der Waals surface area contributed by atoms with Crippen LogP contribution in [0.5, 0.6) is 5.75 Å². The molecule has 0 atom stereocenters. The second-order valence-corrected chi connectivity index (χ2v) is 8.55. The molecule has 0 saturated heterocycles. The molecule has 3 rings (SSSR count). The van der Waals surface area contributed by atoms with E-state index in [0.717, 1.165) is 25.2 Å². The topological polar surface area (TPSA) is 9.23 Å². The van der Waals surface area contributed by atoms with Crippen molar-refractivity contribution >= 4 is 10.9 Å². The van der Waals surface area contributed by atoms with Gasteiger partial charge in [-0.3, -0.25) is 0 Å². The Labute approximate surface area is 160 Å². The molecule has 1 nitrogen and oxygen atoms in total. The van der Waals surface area contributed by atoms with Crippen LogP contribution in [0.1, 0.15) is 30.9 Å². The number of hydrogen-bond donors (Lipinski definition) is 0. The van der Waals surface area contributed by atoms with Gasteiger partial charge in [-0.2, -0.15) is 0 Å². The Kier molecular flexibility index (Phi) is 6.40. The molecule has 0 amide bonds. The van der Waals surface area contributed by atoms with Crippen LogP contribution < -0.4 is 4.74 Å². The van der Waals surface area contributed by atoms with Crippen molar-refractivity contribution in [1.82, 2.24) is 0 Å². The highest BCUT2D eigenvalue weighted by Crippen LogP contribution is 2.35. The van der Waals surface area contributed by atoms with Crippen molar-refractivity contribution in [2.45, 2.75) is 48.3 Å². The van der Waals surface area contributed by atoms with Crippen LogP contribution in [0, 0.1) is 13.8 Å². The van der Waals surface area contributed by atoms with Gasteiger partial charge in [0.05, 0.1) is 17.5 Å². The minimum atomic E-state index is -0.106. The summed E-state index contributed by atoms with van der Waals surface area (Å²) in [5, 5.41) is 0. The minimum Gasteiger partial charge on any atom is -0.493 e. The quantitative estimate of drug-likeness (QED) is 0.340. The van der Waals surface area contributed by atoms with Crippen molar-refractivity contribution in [3.8, 4) is 5.75 Å². The molecule has 0 fully saturated rings. The molecule has 0 radical (unpaired) electrons. The largest absolute Gasteiger partial charge is 0.493 e. The van der Waals surface area contributed by atoms with Crippen LogP contribution in [-0.4, -0.2) is 6.61 Å². The van der Waals surface area contributed by atoms with Crippen molar-refractivity contribution in [3.63, 3.8) is 0 Å². The fourth-order valence-corrected chi connectivity index (χ4v) is 5.36. The number of rotatable bonds is 7. The van der Waals surface area contributed by atoms with E-state index in [9.17, 15) is 0 Å². The van der Waals surface area contributed by atoms with E-state index < -0.39 is 0 Å². The molecule has 0 heterocycles. The maximum atomic E-state index is 6.06. The summed E-state index contributed by atoms with van der Waals surface area (Å²) in [5.74, 6) is 1.05. The fourth-order valence-electron chi connectivity index (χ4n) is 3.10. The summed E-state index contributed by atoms with van der Waals surface area (Å²) in [6.45, 7) is 7.31. The van der Waals surface area contributed by atoms with E-state index in [0.29, 0.717) is 0 Å². The number of ether oxygens (including phenoxy) is 1. The third-order valence-electron chi connectivity index (χ3n) is 4.37. The van der Waals surface area contributed by atoms with Crippen molar-refractivity contribution in [2.24, 2.45) is 0 Å². The summed E-state index contributed by atoms with van der Waals surface area (Å²) in [4.78, 5) is 4.04. The molecule has 0 aliphatic carbocycles. The highest BCUT2D eigenvalue weighted by molar-refractivity contribution is 7.97. The maximum absolute atomic E-state index is 6.06. The van der Waals surface area contributed by atoms with Crippen LogP contribution in [0.2, 0.25) is 0 Å². The van der Waals surface area contributed by atoms with Gasteiger partial charge in [0.25, 0.3) is 0 Å². The molecular weight excluding hydrogens is 336 g/mol. The van der Waals surface area contributed by atoms with Crippen molar-refractivity contribution in [3.05, 3.63) is 83.9 Å². The lowest BCUT2D eigenvalue weighted by atomic mass is 10.1. The van der Waals surface area contributed by atoms with E-state index in [-0.39, 0.29) is 10.9 Å². The minimum absolute atomic E-state index is 0.106. The Bertz CT molecular complexity index is 765. The van der Waals surface area contributed by atoms with E-state index in [1.807, 2.05) is 0 Å². The molecular formula is C24H27OS+. The lowest BCUT2D eigenvalue weighted by molar-refractivity contribution is 0.305. The van der Waals surface area contributed by atoms with Gasteiger partial charge < -0.3 is 4.74 Å². The standard InChI is InChI=1S/C24H27OS/c1-4-5-16-25-24-19(2)17-23(18-20(24)3)26(21-12-8-6-9-13-21)22-14-10-7-11-15-22/h6-15,17-18H,4-5,16H2,1-3H3/q+1. The van der Waals surface area contributed by atoms with Gasteiger partial charge in [0, 0.05) is 12.1 Å². The first-order valence-electron chi connectivity index (χ1n) is 9.29. The monoisotopic (exact) mass is 363 g/mol. The van der Waals surface area contributed by atoms with Gasteiger partial charge in [0.2, 0.25) is 0 Å². The summed E-state index contributed by atoms with van der Waals surface area (Å²) in [6.07, 6.45) is 2.25. The van der Waals surface area contributed by atoms with Crippen molar-refractivity contribution in [1.29, 1.82) is 0 Å². The van der Waals surface area contributed by atoms with Gasteiger partial charge in [-0.15, -0.1) is 0 Å². The first kappa shape index (κ1) is 18.6. The smallest absolute Gasteiger partial charge is 0.167 e. The molecule has 0 aliphatic rings. The van der Waals surface area contributed by atoms with Gasteiger partial charge >= 0.3 is 0 Å². The average molecular weight is 364 g/mol. The average Bonchev–Trinajstić information content (AvgIpc) is 2.66. The van der Waals surface area contributed by atoms with Gasteiger partial charge in [-0.25, -0.2) is 0 Å². The van der Waals surface area contributed by atoms with Gasteiger partial charge in [-0.05, 0) is 55.7 Å². The molecule has 0 spiro atoms. The highest BCUT2D eigenvalue weighted by Gasteiger charge is 2.29. The van der Waals surface area contributed by atoms with Crippen LogP contribution in [0.15, 0.2) is 87.5 Å². The molecule has 134 valence electrons. The van der Waals surface area contributed by atoms with E-state index in [1.165, 1.54) is 25.8 Å². The Morgan fingerprint density at radius 1 is 0.731 bits per heavy atom. The van der Waals surface area contributed by atoms with Crippen molar-refractivity contribution < 1.29 is 4.74 Å². The predicted molar refractivity (Wildman–Crippen MR) is 111 cm³/mol. The van der Waals surface area contributed by atoms with Crippen molar-refractivity contribution in [2.75, 3.05) is 6.61 Å². The van der Waals surface area contributed by atoms with Gasteiger partial charge in [-0.1, -0.05) is 49.7 Å². The molecule has 0 N–H and O–H groups in total. The summed E-state index contributed by atoms with van der Waals surface area (Å²) in [5.41, 5.74) is 2.45. The van der Waals surface area contributed by atoms with E-state index >= 15 is 0 Å². The highest BCUT2D eigenvalue weighted by atomic mass is 32.2. The molecule has 3 aromatic rings. The Morgan fingerprint density at radius 3 is 1.69 bits per heavy atom. The summed E-state index contributed by atoms with van der Waals surface area (Å²) in [6, 6.07) is 26.2. The molecule has 0 saturated carbocycles. The third kappa shape index (κ3) is 4.31. The number of unbranched alkanes of at least 4 members (excludes halogenated alkanes) is 1. The molecule has 0 unspecified atom stereocenters. The second kappa shape index (κ2) is 8.95. The van der Waals surface area contributed by atoms with Crippen LogP contribution in [0.4, 0.5) is 0 Å². The second-order valence-electron chi connectivity index (χ2n) is 6.52. The number of benzene rings is 3. The molecule has 2 heteroatoms. The zero-order valence-electron chi connectivity index (χ0n) is 15.9. The van der Waals surface area contributed by atoms with Crippen LogP contribution >= 0.6 is 0 Å². The molecule has 0 aromatic heterocycles. The van der Waals surface area contributed by atoms with E-state index in [4.69, 9.17) is 4.74 Å². The Balaban J connectivity index is 2.02. The molecule has 26 heavy (non-hydrogen) atoms. The Morgan fingerprint density at radius 2 is 1.23 bits per heavy atom. The van der Waals surface area contributed by atoms with E-state index in [2.05, 4.69) is 93.6 Å². The van der Waals surface area contributed by atoms with Crippen LogP contribution in [0.25, 0.3) is 0 Å². The Hall–Kier alpha value is -2.19. The normalized spacial score (nSPS) is 10.9. The summed E-state index contributed by atoms with van der Waals surface area (Å²) in [7, 11) is -0.106. The van der Waals surface area contributed by atoms with Crippen LogP contribution in [-0.2, 0) is 10.9 Å². The third-order valence-corrected chi connectivity index (χ3v) is 6.57. The lowest BCUT2D eigenvalue weighted by Crippen LogP contribution is -2.07. The molecule has 3 aromatic carbocycles. The first-order chi connectivity index (χ1) is 12.7.